The third-order valence-corrected chi connectivity index (χ3v) is 6.65. The molecular formula is C24H27Cl2N5O3S. The number of thioether (sulfide) groups is 1. The van der Waals surface area contributed by atoms with E-state index >= 15 is 0 Å². The minimum absolute atomic E-state index is 0.131. The number of rotatable bonds is 10. The van der Waals surface area contributed by atoms with Crippen molar-refractivity contribution in [3.8, 4) is 5.75 Å². The number of halogens is 2. The van der Waals surface area contributed by atoms with Crippen LogP contribution in [0.3, 0.4) is 0 Å². The molecule has 1 aromatic heterocycles. The molecule has 0 radical (unpaired) electrons. The Morgan fingerprint density at radius 2 is 1.89 bits per heavy atom. The highest BCUT2D eigenvalue weighted by atomic mass is 35.5. The van der Waals surface area contributed by atoms with Crippen LogP contribution in [0.1, 0.15) is 42.5 Å². The molecule has 0 unspecified atom stereocenters. The number of ether oxygens (including phenoxy) is 1. The monoisotopic (exact) mass is 535 g/mol. The summed E-state index contributed by atoms with van der Waals surface area (Å²) in [7, 11) is 3.36. The minimum Gasteiger partial charge on any atom is -0.495 e. The number of hydrogen-bond donors (Lipinski definition) is 2. The molecule has 3 rings (SSSR count). The molecule has 2 amide bonds. The molecule has 0 bridgehead atoms. The molecule has 0 saturated heterocycles. The Labute approximate surface area is 218 Å². The normalized spacial score (nSPS) is 11.9. The van der Waals surface area contributed by atoms with Crippen molar-refractivity contribution in [2.45, 2.75) is 31.5 Å². The van der Waals surface area contributed by atoms with E-state index in [4.69, 9.17) is 27.9 Å². The summed E-state index contributed by atoms with van der Waals surface area (Å²) in [6.07, 6.45) is 0.641. The van der Waals surface area contributed by atoms with Crippen LogP contribution in [0.15, 0.2) is 47.6 Å². The molecule has 0 aliphatic rings. The van der Waals surface area contributed by atoms with E-state index in [1.54, 1.807) is 35.9 Å². The Morgan fingerprint density at radius 3 is 2.57 bits per heavy atom. The summed E-state index contributed by atoms with van der Waals surface area (Å²) in [6, 6.07) is 11.5. The zero-order valence-electron chi connectivity index (χ0n) is 19.8. The number of benzene rings is 2. The molecule has 2 N–H and O–H groups in total. The highest BCUT2D eigenvalue weighted by Gasteiger charge is 2.24. The summed E-state index contributed by atoms with van der Waals surface area (Å²) in [6.45, 7) is 4.12. The van der Waals surface area contributed by atoms with Crippen molar-refractivity contribution in [1.82, 2.24) is 20.1 Å². The molecule has 186 valence electrons. The number of anilines is 1. The summed E-state index contributed by atoms with van der Waals surface area (Å²) in [5.41, 5.74) is 0.925. The predicted molar refractivity (Wildman–Crippen MR) is 139 cm³/mol. The Bertz CT molecular complexity index is 1200. The maximum Gasteiger partial charge on any atom is 0.253 e. The number of nitrogens with one attached hydrogen (secondary N) is 2. The molecule has 1 atom stereocenters. The second kappa shape index (κ2) is 12.3. The van der Waals surface area contributed by atoms with Crippen molar-refractivity contribution in [2.24, 2.45) is 13.0 Å². The van der Waals surface area contributed by atoms with Gasteiger partial charge in [0, 0.05) is 12.1 Å². The summed E-state index contributed by atoms with van der Waals surface area (Å²) in [4.78, 5) is 25.4. The van der Waals surface area contributed by atoms with Crippen LogP contribution < -0.4 is 15.4 Å². The molecule has 11 heteroatoms. The third-order valence-electron chi connectivity index (χ3n) is 5.08. The molecule has 3 aromatic rings. The number of hydrogen-bond acceptors (Lipinski definition) is 6. The first-order chi connectivity index (χ1) is 16.7. The van der Waals surface area contributed by atoms with Gasteiger partial charge in [-0.2, -0.15) is 0 Å². The Hall–Kier alpha value is -2.75. The Kier molecular flexibility index (Phi) is 9.42. The van der Waals surface area contributed by atoms with Crippen molar-refractivity contribution in [2.75, 3.05) is 18.2 Å². The summed E-state index contributed by atoms with van der Waals surface area (Å²) >= 11 is 13.4. The van der Waals surface area contributed by atoms with Gasteiger partial charge in [-0.15, -0.1) is 10.2 Å². The molecule has 2 aromatic carbocycles. The van der Waals surface area contributed by atoms with Crippen LogP contribution in [-0.2, 0) is 11.8 Å². The van der Waals surface area contributed by atoms with Crippen LogP contribution in [-0.4, -0.2) is 39.4 Å². The zero-order valence-corrected chi connectivity index (χ0v) is 22.2. The van der Waals surface area contributed by atoms with Gasteiger partial charge >= 0.3 is 0 Å². The third kappa shape index (κ3) is 7.13. The molecule has 35 heavy (non-hydrogen) atoms. The lowest BCUT2D eigenvalue weighted by atomic mass is 10.0. The van der Waals surface area contributed by atoms with Gasteiger partial charge in [-0.1, -0.05) is 60.9 Å². The molecular weight excluding hydrogens is 509 g/mol. The second-order valence-corrected chi connectivity index (χ2v) is 10.0. The quantitative estimate of drug-likeness (QED) is 0.338. The Morgan fingerprint density at radius 1 is 1.14 bits per heavy atom. The molecule has 8 nitrogen and oxygen atoms in total. The van der Waals surface area contributed by atoms with Gasteiger partial charge in [-0.3, -0.25) is 9.59 Å². The Balaban J connectivity index is 1.70. The maximum absolute atomic E-state index is 12.9. The smallest absolute Gasteiger partial charge is 0.253 e. The summed E-state index contributed by atoms with van der Waals surface area (Å²) < 4.78 is 7.06. The van der Waals surface area contributed by atoms with E-state index in [1.807, 2.05) is 19.2 Å². The topological polar surface area (TPSA) is 98.1 Å². The average molecular weight is 536 g/mol. The van der Waals surface area contributed by atoms with Crippen LogP contribution in [0.5, 0.6) is 5.75 Å². The zero-order chi connectivity index (χ0) is 25.5. The van der Waals surface area contributed by atoms with Crippen LogP contribution in [0.4, 0.5) is 5.69 Å². The van der Waals surface area contributed by atoms with E-state index in [0.717, 1.165) is 0 Å². The fourth-order valence-electron chi connectivity index (χ4n) is 3.43. The highest BCUT2D eigenvalue weighted by molar-refractivity contribution is 7.99. The number of aromatic nitrogens is 3. The second-order valence-electron chi connectivity index (χ2n) is 8.22. The van der Waals surface area contributed by atoms with Crippen molar-refractivity contribution in [3.63, 3.8) is 0 Å². The van der Waals surface area contributed by atoms with E-state index in [2.05, 4.69) is 34.7 Å². The molecule has 0 fully saturated rings. The van der Waals surface area contributed by atoms with Gasteiger partial charge in [0.2, 0.25) is 5.91 Å². The number of carbonyl (C=O) groups excluding carboxylic acids is 2. The first kappa shape index (κ1) is 26.8. The van der Waals surface area contributed by atoms with Gasteiger partial charge in [0.1, 0.15) is 5.75 Å². The van der Waals surface area contributed by atoms with E-state index in [1.165, 1.54) is 17.8 Å². The van der Waals surface area contributed by atoms with E-state index < -0.39 is 6.04 Å². The SMILES string of the molecule is COc1ccccc1NC(=O)CSc1nnc([C@H](CC(C)C)NC(=O)c2ccc(Cl)cc2Cl)n1C. The minimum atomic E-state index is -0.400. The van der Waals surface area contributed by atoms with Crippen molar-refractivity contribution < 1.29 is 14.3 Å². The molecule has 0 aliphatic carbocycles. The standard InChI is InChI=1S/C24H27Cl2N5O3S/c1-14(2)11-19(28-23(33)16-10-9-15(25)12-17(16)26)22-29-30-24(31(22)3)35-13-21(32)27-18-7-5-6-8-20(18)34-4/h5-10,12,14,19H,11,13H2,1-4H3,(H,27,32)(H,28,33)/t19-/m0/s1. The van der Waals surface area contributed by atoms with Gasteiger partial charge in [-0.25, -0.2) is 0 Å². The van der Waals surface area contributed by atoms with Crippen molar-refractivity contribution in [3.05, 3.63) is 63.9 Å². The van der Waals surface area contributed by atoms with Crippen LogP contribution >= 0.6 is 35.0 Å². The van der Waals surface area contributed by atoms with Gasteiger partial charge in [-0.05, 0) is 42.7 Å². The number of amides is 2. The van der Waals surface area contributed by atoms with E-state index in [0.29, 0.717) is 39.4 Å². The van der Waals surface area contributed by atoms with Gasteiger partial charge in [0.25, 0.3) is 5.91 Å². The van der Waals surface area contributed by atoms with Crippen LogP contribution in [0.25, 0.3) is 0 Å². The molecule has 1 heterocycles. The lowest BCUT2D eigenvalue weighted by Crippen LogP contribution is -2.31. The highest BCUT2D eigenvalue weighted by Crippen LogP contribution is 2.27. The van der Waals surface area contributed by atoms with Gasteiger partial charge in [0.05, 0.1) is 35.2 Å². The van der Waals surface area contributed by atoms with Crippen molar-refractivity contribution in [1.29, 1.82) is 0 Å². The maximum atomic E-state index is 12.9. The number of para-hydroxylation sites is 2. The van der Waals surface area contributed by atoms with E-state index in [9.17, 15) is 9.59 Å². The first-order valence-corrected chi connectivity index (χ1v) is 12.6. The number of methoxy groups -OCH3 is 1. The van der Waals surface area contributed by atoms with Gasteiger partial charge < -0.3 is 19.9 Å². The predicted octanol–water partition coefficient (Wildman–Crippen LogP) is 5.38. The molecule has 0 spiro atoms. The average Bonchev–Trinajstić information content (AvgIpc) is 3.17. The first-order valence-electron chi connectivity index (χ1n) is 10.9. The van der Waals surface area contributed by atoms with Crippen LogP contribution in [0, 0.1) is 5.92 Å². The summed E-state index contributed by atoms with van der Waals surface area (Å²) in [5, 5.41) is 15.7. The summed E-state index contributed by atoms with van der Waals surface area (Å²) in [5.74, 6) is 1.05. The van der Waals surface area contributed by atoms with Crippen molar-refractivity contribution >= 4 is 52.5 Å². The number of nitrogens with zero attached hydrogens (tertiary/aromatic N) is 3. The van der Waals surface area contributed by atoms with Gasteiger partial charge in [0.15, 0.2) is 11.0 Å². The number of carbonyl (C=O) groups is 2. The largest absolute Gasteiger partial charge is 0.495 e. The molecule has 0 saturated carbocycles. The van der Waals surface area contributed by atoms with E-state index in [-0.39, 0.29) is 28.5 Å². The fourth-order valence-corrected chi connectivity index (χ4v) is 4.64. The van der Waals surface area contributed by atoms with Crippen LogP contribution in [0.2, 0.25) is 10.0 Å². The lowest BCUT2D eigenvalue weighted by Gasteiger charge is -2.20. The lowest BCUT2D eigenvalue weighted by molar-refractivity contribution is -0.113. The molecule has 0 aliphatic heterocycles. The fraction of sp³-hybridized carbons (Fsp3) is 0.333.